The van der Waals surface area contributed by atoms with Gasteiger partial charge >= 0.3 is 0 Å². The summed E-state index contributed by atoms with van der Waals surface area (Å²) in [5.41, 5.74) is -0.434. The Bertz CT molecular complexity index is 1130. The van der Waals surface area contributed by atoms with E-state index in [9.17, 15) is 32.8 Å². The van der Waals surface area contributed by atoms with E-state index >= 15 is 0 Å². The highest BCUT2D eigenvalue weighted by atomic mass is 19.1. The molecular formula is C27H34F2N4O5. The number of carbonyl (C=O) groups is 5. The van der Waals surface area contributed by atoms with Gasteiger partial charge in [-0.25, -0.2) is 8.78 Å². The van der Waals surface area contributed by atoms with Gasteiger partial charge in [0.1, 0.15) is 17.7 Å². The molecule has 1 heterocycles. The van der Waals surface area contributed by atoms with Crippen molar-refractivity contribution in [2.75, 3.05) is 6.54 Å². The maximum Gasteiger partial charge on any atom is 0.289 e. The molecule has 206 valence electrons. The maximum atomic E-state index is 13.9. The van der Waals surface area contributed by atoms with Gasteiger partial charge in [-0.05, 0) is 55.7 Å². The van der Waals surface area contributed by atoms with Gasteiger partial charge in [-0.15, -0.1) is 0 Å². The van der Waals surface area contributed by atoms with Gasteiger partial charge in [-0.1, -0.05) is 20.8 Å². The average molecular weight is 533 g/mol. The second-order valence-electron chi connectivity index (χ2n) is 11.0. The lowest BCUT2D eigenvalue weighted by molar-refractivity contribution is -0.141. The van der Waals surface area contributed by atoms with E-state index in [0.29, 0.717) is 19.0 Å². The van der Waals surface area contributed by atoms with Crippen molar-refractivity contribution in [3.63, 3.8) is 0 Å². The van der Waals surface area contributed by atoms with Crippen LogP contribution in [0.3, 0.4) is 0 Å². The standard InChI is InChI=1S/C27H34F2N4O5/c1-27(2,3)14-21(32-22(34)9-5-15-4-6-17(28)13-19(15)29)25(37)33-20(12-16-10-11-30-24(16)36)23(35)26(38)31-18-7-8-18/h4-6,9,13,16,18,20-21H,7-8,10-12,14H2,1-3H3,(H,30,36)(H,31,38)(H,32,34)(H,33,37)/b9-5+/t16?,20?,21-/m0/s1. The molecule has 1 aromatic rings. The third kappa shape index (κ3) is 8.74. The van der Waals surface area contributed by atoms with Crippen LogP contribution >= 0.6 is 0 Å². The second kappa shape index (κ2) is 12.3. The number of rotatable bonds is 11. The first kappa shape index (κ1) is 28.9. The molecule has 4 amide bonds. The molecule has 1 aliphatic carbocycles. The highest BCUT2D eigenvalue weighted by molar-refractivity contribution is 6.38. The van der Waals surface area contributed by atoms with Crippen LogP contribution in [0.1, 0.15) is 58.4 Å². The molecule has 9 nitrogen and oxygen atoms in total. The minimum atomic E-state index is -1.25. The zero-order valence-electron chi connectivity index (χ0n) is 21.7. The third-order valence-corrected chi connectivity index (χ3v) is 6.28. The van der Waals surface area contributed by atoms with Crippen molar-refractivity contribution in [1.82, 2.24) is 21.3 Å². The molecule has 2 unspecified atom stereocenters. The summed E-state index contributed by atoms with van der Waals surface area (Å²) >= 11 is 0. The minimum absolute atomic E-state index is 0.0134. The highest BCUT2D eigenvalue weighted by Gasteiger charge is 2.37. The van der Waals surface area contributed by atoms with E-state index in [1.54, 1.807) is 0 Å². The highest BCUT2D eigenvalue weighted by Crippen LogP contribution is 2.23. The van der Waals surface area contributed by atoms with E-state index < -0.39 is 58.6 Å². The van der Waals surface area contributed by atoms with E-state index in [1.807, 2.05) is 20.8 Å². The number of ketones is 1. The number of amides is 4. The van der Waals surface area contributed by atoms with E-state index in [4.69, 9.17) is 0 Å². The Morgan fingerprint density at radius 3 is 2.37 bits per heavy atom. The lowest BCUT2D eigenvalue weighted by atomic mass is 9.87. The fraction of sp³-hybridized carbons (Fsp3) is 0.519. The smallest absolute Gasteiger partial charge is 0.289 e. The van der Waals surface area contributed by atoms with Crippen LogP contribution in [0.2, 0.25) is 0 Å². The Labute approximate surface area is 220 Å². The van der Waals surface area contributed by atoms with Gasteiger partial charge in [0, 0.05) is 36.2 Å². The number of Topliss-reactive ketones (excluding diaryl/α,β-unsaturated/α-hetero) is 1. The van der Waals surface area contributed by atoms with Crippen molar-refractivity contribution in [3.8, 4) is 0 Å². The van der Waals surface area contributed by atoms with Crippen molar-refractivity contribution >= 4 is 35.5 Å². The monoisotopic (exact) mass is 532 g/mol. The lowest BCUT2D eigenvalue weighted by Crippen LogP contribution is -2.55. The molecule has 3 rings (SSSR count). The molecule has 1 aromatic carbocycles. The number of hydrogen-bond acceptors (Lipinski definition) is 5. The molecule has 2 aliphatic rings. The van der Waals surface area contributed by atoms with Crippen molar-refractivity contribution in [1.29, 1.82) is 0 Å². The molecule has 3 atom stereocenters. The van der Waals surface area contributed by atoms with Gasteiger partial charge in [0.15, 0.2) is 0 Å². The maximum absolute atomic E-state index is 13.9. The molecular weight excluding hydrogens is 498 g/mol. The average Bonchev–Trinajstić information content (AvgIpc) is 3.55. The van der Waals surface area contributed by atoms with Crippen LogP contribution in [0.4, 0.5) is 8.78 Å². The summed E-state index contributed by atoms with van der Waals surface area (Å²) in [6, 6.07) is 0.508. The molecule has 0 bridgehead atoms. The van der Waals surface area contributed by atoms with Crippen LogP contribution in [-0.4, -0.2) is 54.1 Å². The van der Waals surface area contributed by atoms with Gasteiger partial charge in [0.05, 0.1) is 6.04 Å². The summed E-state index contributed by atoms with van der Waals surface area (Å²) in [5.74, 6) is -5.46. The van der Waals surface area contributed by atoms with Crippen molar-refractivity contribution in [3.05, 3.63) is 41.5 Å². The van der Waals surface area contributed by atoms with Crippen LogP contribution in [0.15, 0.2) is 24.3 Å². The number of benzene rings is 1. The summed E-state index contributed by atoms with van der Waals surface area (Å²) in [6.07, 6.45) is 4.33. The summed E-state index contributed by atoms with van der Waals surface area (Å²) in [6.45, 7) is 6.02. The van der Waals surface area contributed by atoms with Crippen molar-refractivity contribution < 1.29 is 32.8 Å². The van der Waals surface area contributed by atoms with Gasteiger partial charge < -0.3 is 21.3 Å². The van der Waals surface area contributed by atoms with Crippen LogP contribution in [-0.2, 0) is 24.0 Å². The topological polar surface area (TPSA) is 133 Å². The summed E-state index contributed by atoms with van der Waals surface area (Å²) in [5, 5.41) is 10.4. The number of carbonyl (C=O) groups excluding carboxylic acids is 5. The molecule has 38 heavy (non-hydrogen) atoms. The Kier molecular flexibility index (Phi) is 9.35. The zero-order valence-corrected chi connectivity index (χ0v) is 21.7. The third-order valence-electron chi connectivity index (χ3n) is 6.28. The zero-order chi connectivity index (χ0) is 28.0. The fourth-order valence-corrected chi connectivity index (χ4v) is 4.14. The van der Waals surface area contributed by atoms with Gasteiger partial charge in [0.2, 0.25) is 23.5 Å². The Balaban J connectivity index is 1.74. The van der Waals surface area contributed by atoms with Crippen molar-refractivity contribution in [2.24, 2.45) is 11.3 Å². The predicted molar refractivity (Wildman–Crippen MR) is 135 cm³/mol. The number of hydrogen-bond donors (Lipinski definition) is 4. The van der Waals surface area contributed by atoms with E-state index in [1.165, 1.54) is 6.07 Å². The first-order chi connectivity index (χ1) is 17.8. The molecule has 4 N–H and O–H groups in total. The first-order valence-corrected chi connectivity index (χ1v) is 12.7. The van der Waals surface area contributed by atoms with E-state index in [2.05, 4.69) is 21.3 Å². The van der Waals surface area contributed by atoms with Crippen LogP contribution in [0.5, 0.6) is 0 Å². The minimum Gasteiger partial charge on any atom is -0.356 e. The molecule has 1 saturated carbocycles. The number of nitrogens with one attached hydrogen (secondary N) is 4. The van der Waals surface area contributed by atoms with E-state index in [-0.39, 0.29) is 30.4 Å². The molecule has 0 spiro atoms. The Morgan fingerprint density at radius 2 is 1.79 bits per heavy atom. The van der Waals surface area contributed by atoms with Crippen LogP contribution in [0.25, 0.3) is 6.08 Å². The Morgan fingerprint density at radius 1 is 1.08 bits per heavy atom. The van der Waals surface area contributed by atoms with Crippen molar-refractivity contribution in [2.45, 2.75) is 71.0 Å². The second-order valence-corrected chi connectivity index (χ2v) is 11.0. The van der Waals surface area contributed by atoms with Gasteiger partial charge in [0.25, 0.3) is 5.91 Å². The molecule has 0 aromatic heterocycles. The number of halogens is 2. The van der Waals surface area contributed by atoms with Crippen LogP contribution in [0, 0.1) is 23.0 Å². The molecule has 0 radical (unpaired) electrons. The fourth-order valence-electron chi connectivity index (χ4n) is 4.14. The SMILES string of the molecule is CC(C)(C)C[C@H](NC(=O)/C=C/c1ccc(F)cc1F)C(=O)NC(CC1CCNC1=O)C(=O)C(=O)NC1CC1. The molecule has 2 fully saturated rings. The normalized spacial score (nSPS) is 19.0. The quantitative estimate of drug-likeness (QED) is 0.255. The predicted octanol–water partition coefficient (Wildman–Crippen LogP) is 1.76. The van der Waals surface area contributed by atoms with Gasteiger partial charge in [-0.3, -0.25) is 24.0 Å². The van der Waals surface area contributed by atoms with Crippen LogP contribution < -0.4 is 21.3 Å². The molecule has 11 heteroatoms. The van der Waals surface area contributed by atoms with E-state index in [0.717, 1.165) is 31.1 Å². The first-order valence-electron chi connectivity index (χ1n) is 12.7. The largest absolute Gasteiger partial charge is 0.356 e. The summed E-state index contributed by atoms with van der Waals surface area (Å²) in [4.78, 5) is 63.5. The Hall–Kier alpha value is -3.63. The molecule has 1 saturated heterocycles. The summed E-state index contributed by atoms with van der Waals surface area (Å²) in [7, 11) is 0. The molecule has 1 aliphatic heterocycles. The lowest BCUT2D eigenvalue weighted by Gasteiger charge is -2.28. The summed E-state index contributed by atoms with van der Waals surface area (Å²) < 4.78 is 27.0. The van der Waals surface area contributed by atoms with Gasteiger partial charge in [-0.2, -0.15) is 0 Å².